The second-order valence-corrected chi connectivity index (χ2v) is 7.55. The van der Waals surface area contributed by atoms with Crippen molar-refractivity contribution in [2.24, 2.45) is 0 Å². The zero-order valence-corrected chi connectivity index (χ0v) is 17.9. The Bertz CT molecular complexity index is 582. The van der Waals surface area contributed by atoms with Crippen molar-refractivity contribution >= 4 is 15.9 Å². The molecule has 0 amide bonds. The number of rotatable bonds is 11. The normalized spacial score (nSPS) is 12.5. The minimum atomic E-state index is -4.61. The van der Waals surface area contributed by atoms with E-state index in [0.717, 1.165) is 24.8 Å². The van der Waals surface area contributed by atoms with Gasteiger partial charge in [0, 0.05) is 5.56 Å². The van der Waals surface area contributed by atoms with Crippen LogP contribution >= 0.6 is 0 Å². The van der Waals surface area contributed by atoms with E-state index in [9.17, 15) is 17.8 Å². The van der Waals surface area contributed by atoms with Crippen LogP contribution in [0.25, 0.3) is 0 Å². The topological polar surface area (TPSA) is 74.3 Å². The summed E-state index contributed by atoms with van der Waals surface area (Å²) in [6, 6.07) is 6.99. The van der Waals surface area contributed by atoms with Crippen LogP contribution in [0.5, 0.6) is 0 Å². The minimum Gasteiger partial charge on any atom is -0.747 e. The molecule has 0 aliphatic carbocycles. The molecule has 130 valence electrons. The van der Waals surface area contributed by atoms with Gasteiger partial charge in [0.05, 0.1) is 0 Å². The molecule has 4 nitrogen and oxygen atoms in total. The fourth-order valence-electron chi connectivity index (χ4n) is 2.57. The Labute approximate surface area is 168 Å². The summed E-state index contributed by atoms with van der Waals surface area (Å²) in [5.74, 6) is -0.578. The second-order valence-electron chi connectivity index (χ2n) is 6.00. The van der Waals surface area contributed by atoms with Gasteiger partial charge >= 0.3 is 29.6 Å². The molecule has 0 aromatic heterocycles. The van der Waals surface area contributed by atoms with Crippen molar-refractivity contribution in [3.8, 4) is 0 Å². The SMILES string of the molecule is CCCCCCc1ccc(C(=O)C(CCCC)S(=O)(=O)[O-])cc1.[Na+]. The van der Waals surface area contributed by atoms with Gasteiger partial charge in [-0.15, -0.1) is 0 Å². The first-order valence-electron chi connectivity index (χ1n) is 8.48. The van der Waals surface area contributed by atoms with E-state index < -0.39 is 21.2 Å². The van der Waals surface area contributed by atoms with Gasteiger partial charge in [-0.2, -0.15) is 0 Å². The molecule has 6 heteroatoms. The molecule has 1 unspecified atom stereocenters. The van der Waals surface area contributed by atoms with E-state index >= 15 is 0 Å². The molecule has 0 aliphatic rings. The standard InChI is InChI=1S/C18H28O4S.Na/c1-3-5-7-8-9-15-11-13-16(14-12-15)18(19)17(10-6-4-2)23(20,21)22;/h11-14,17H,3-10H2,1-2H3,(H,20,21,22);/q;+1/p-1. The molecule has 0 bridgehead atoms. The summed E-state index contributed by atoms with van der Waals surface area (Å²) in [5, 5.41) is -1.46. The molecule has 1 aromatic carbocycles. The smallest absolute Gasteiger partial charge is 0.747 e. The summed E-state index contributed by atoms with van der Waals surface area (Å²) < 4.78 is 34.0. The van der Waals surface area contributed by atoms with Gasteiger partial charge in [-0.05, 0) is 24.8 Å². The number of aryl methyl sites for hydroxylation is 1. The summed E-state index contributed by atoms with van der Waals surface area (Å²) in [5.41, 5.74) is 1.44. The molecule has 0 radical (unpaired) electrons. The largest absolute Gasteiger partial charge is 1.00 e. The molecular weight excluding hydrogens is 335 g/mol. The van der Waals surface area contributed by atoms with E-state index in [0.29, 0.717) is 12.0 Å². The number of unbranched alkanes of at least 4 members (excludes halogenated alkanes) is 4. The average Bonchev–Trinajstić information content (AvgIpc) is 2.51. The Hall–Kier alpha value is -0.200. The van der Waals surface area contributed by atoms with Crippen molar-refractivity contribution in [2.45, 2.75) is 70.5 Å². The number of benzene rings is 1. The molecule has 0 heterocycles. The van der Waals surface area contributed by atoms with E-state index in [1.807, 2.05) is 19.1 Å². The number of Topliss-reactive ketones (excluding diaryl/α,β-unsaturated/α-hetero) is 1. The van der Waals surface area contributed by atoms with Crippen LogP contribution in [0, 0.1) is 0 Å². The molecule has 0 saturated heterocycles. The third kappa shape index (κ3) is 8.26. The first-order valence-corrected chi connectivity index (χ1v) is 9.95. The summed E-state index contributed by atoms with van der Waals surface area (Å²) >= 11 is 0. The average molecular weight is 362 g/mol. The van der Waals surface area contributed by atoms with Crippen LogP contribution in [0.3, 0.4) is 0 Å². The maximum atomic E-state index is 12.3. The van der Waals surface area contributed by atoms with Gasteiger partial charge in [-0.1, -0.05) is 70.2 Å². The molecule has 0 aliphatic heterocycles. The third-order valence-electron chi connectivity index (χ3n) is 4.02. The number of hydrogen-bond donors (Lipinski definition) is 0. The van der Waals surface area contributed by atoms with Crippen molar-refractivity contribution < 1.29 is 47.3 Å². The molecule has 1 aromatic rings. The monoisotopic (exact) mass is 362 g/mol. The van der Waals surface area contributed by atoms with Crippen LogP contribution < -0.4 is 29.6 Å². The molecule has 1 atom stereocenters. The summed E-state index contributed by atoms with van der Waals surface area (Å²) in [6.07, 6.45) is 7.05. The molecular formula is C18H27NaO4S. The predicted molar refractivity (Wildman–Crippen MR) is 91.6 cm³/mol. The van der Waals surface area contributed by atoms with Gasteiger partial charge < -0.3 is 4.55 Å². The van der Waals surface area contributed by atoms with Crippen LogP contribution in [0.4, 0.5) is 0 Å². The number of ketones is 1. The molecule has 0 saturated carbocycles. The van der Waals surface area contributed by atoms with E-state index in [4.69, 9.17) is 0 Å². The van der Waals surface area contributed by atoms with Gasteiger partial charge in [0.2, 0.25) is 0 Å². The maximum absolute atomic E-state index is 12.3. The Morgan fingerprint density at radius 1 is 1.00 bits per heavy atom. The van der Waals surface area contributed by atoms with Crippen LogP contribution in [-0.4, -0.2) is 24.0 Å². The van der Waals surface area contributed by atoms with Crippen LogP contribution in [0.1, 0.15) is 74.7 Å². The first-order chi connectivity index (χ1) is 10.9. The summed E-state index contributed by atoms with van der Waals surface area (Å²) in [4.78, 5) is 12.3. The van der Waals surface area contributed by atoms with E-state index in [1.54, 1.807) is 12.1 Å². The predicted octanol–water partition coefficient (Wildman–Crippen LogP) is 1.10. The summed E-state index contributed by atoms with van der Waals surface area (Å²) in [6.45, 7) is 4.06. The number of hydrogen-bond acceptors (Lipinski definition) is 4. The second kappa shape index (κ2) is 12.2. The molecule has 0 spiro atoms. The van der Waals surface area contributed by atoms with Crippen molar-refractivity contribution in [3.63, 3.8) is 0 Å². The van der Waals surface area contributed by atoms with Crippen LogP contribution in [0.15, 0.2) is 24.3 Å². The Balaban J connectivity index is 0.00000529. The zero-order chi connectivity index (χ0) is 17.3. The van der Waals surface area contributed by atoms with Gasteiger partial charge in [0.25, 0.3) is 0 Å². The van der Waals surface area contributed by atoms with Crippen molar-refractivity contribution in [1.29, 1.82) is 0 Å². The van der Waals surface area contributed by atoms with Crippen molar-refractivity contribution in [1.82, 2.24) is 0 Å². The van der Waals surface area contributed by atoms with Gasteiger partial charge in [0.1, 0.15) is 15.4 Å². The Morgan fingerprint density at radius 2 is 1.58 bits per heavy atom. The van der Waals surface area contributed by atoms with Gasteiger partial charge in [-0.3, -0.25) is 4.79 Å². The molecule has 0 N–H and O–H groups in total. The van der Waals surface area contributed by atoms with Gasteiger partial charge in [-0.25, -0.2) is 8.42 Å². The zero-order valence-electron chi connectivity index (χ0n) is 15.1. The van der Waals surface area contributed by atoms with Gasteiger partial charge in [0.15, 0.2) is 5.78 Å². The first kappa shape index (κ1) is 23.8. The van der Waals surface area contributed by atoms with Crippen molar-refractivity contribution in [2.75, 3.05) is 0 Å². The van der Waals surface area contributed by atoms with E-state index in [2.05, 4.69) is 6.92 Å². The van der Waals surface area contributed by atoms with E-state index in [-0.39, 0.29) is 36.0 Å². The van der Waals surface area contributed by atoms with Crippen LogP contribution in [-0.2, 0) is 16.5 Å². The Kier molecular flexibility index (Phi) is 12.1. The fraction of sp³-hybridized carbons (Fsp3) is 0.611. The molecule has 1 rings (SSSR count). The quantitative estimate of drug-likeness (QED) is 0.256. The van der Waals surface area contributed by atoms with Crippen LogP contribution in [0.2, 0.25) is 0 Å². The maximum Gasteiger partial charge on any atom is 1.00 e. The number of carbonyl (C=O) groups is 1. The summed E-state index contributed by atoms with van der Waals surface area (Å²) in [7, 11) is -4.61. The third-order valence-corrected chi connectivity index (χ3v) is 5.16. The van der Waals surface area contributed by atoms with E-state index in [1.165, 1.54) is 19.3 Å². The Morgan fingerprint density at radius 3 is 2.08 bits per heavy atom. The molecule has 0 fully saturated rings. The number of carbonyl (C=O) groups excluding carboxylic acids is 1. The molecule has 24 heavy (non-hydrogen) atoms. The van der Waals surface area contributed by atoms with Crippen molar-refractivity contribution in [3.05, 3.63) is 35.4 Å². The minimum absolute atomic E-state index is 0. The fourth-order valence-corrected chi connectivity index (χ4v) is 3.43.